The molecule has 26 heavy (non-hydrogen) atoms. The van der Waals surface area contributed by atoms with Crippen molar-refractivity contribution in [2.45, 2.75) is 37.4 Å². The molecule has 1 aliphatic heterocycles. The molecule has 0 spiro atoms. The lowest BCUT2D eigenvalue weighted by molar-refractivity contribution is 0.0505. The van der Waals surface area contributed by atoms with E-state index < -0.39 is 0 Å². The number of amides is 1. The number of aromatic hydroxyl groups is 1. The average Bonchev–Trinajstić information content (AvgIpc) is 3.16. The summed E-state index contributed by atoms with van der Waals surface area (Å²) in [5, 5.41) is 11.0. The number of nitrogens with zero attached hydrogens (tertiary/aromatic N) is 2. The van der Waals surface area contributed by atoms with Crippen LogP contribution in [0.1, 0.15) is 35.7 Å². The maximum atomic E-state index is 13.1. The summed E-state index contributed by atoms with van der Waals surface area (Å²) in [5.74, 6) is 1.05. The van der Waals surface area contributed by atoms with E-state index in [2.05, 4.69) is 11.9 Å². The van der Waals surface area contributed by atoms with E-state index in [4.69, 9.17) is 4.74 Å². The van der Waals surface area contributed by atoms with Gasteiger partial charge in [-0.05, 0) is 36.8 Å². The summed E-state index contributed by atoms with van der Waals surface area (Å²) in [4.78, 5) is 19.2. The first-order chi connectivity index (χ1) is 12.7. The van der Waals surface area contributed by atoms with E-state index in [0.717, 1.165) is 35.8 Å². The van der Waals surface area contributed by atoms with Gasteiger partial charge in [-0.15, -0.1) is 11.8 Å². The molecule has 3 rings (SSSR count). The van der Waals surface area contributed by atoms with Crippen molar-refractivity contribution in [1.82, 2.24) is 9.88 Å². The molecule has 0 bridgehead atoms. The highest BCUT2D eigenvalue weighted by Gasteiger charge is 2.24. The molecule has 5 nitrogen and oxygen atoms in total. The second kappa shape index (κ2) is 9.05. The predicted molar refractivity (Wildman–Crippen MR) is 102 cm³/mol. The molecule has 1 aromatic carbocycles. The molecule has 2 heterocycles. The summed E-state index contributed by atoms with van der Waals surface area (Å²) in [7, 11) is 0. The minimum atomic E-state index is -0.0932. The molecule has 1 unspecified atom stereocenters. The van der Waals surface area contributed by atoms with E-state index in [0.29, 0.717) is 18.7 Å². The molecule has 2 aromatic rings. The third-order valence-corrected chi connectivity index (χ3v) is 5.19. The van der Waals surface area contributed by atoms with Crippen LogP contribution < -0.4 is 0 Å². The van der Waals surface area contributed by atoms with Crippen LogP contribution in [0.15, 0.2) is 47.6 Å². The first-order valence-corrected chi connectivity index (χ1v) is 9.92. The van der Waals surface area contributed by atoms with Crippen LogP contribution in [0, 0.1) is 0 Å². The van der Waals surface area contributed by atoms with Crippen molar-refractivity contribution in [2.24, 2.45) is 0 Å². The number of aromatic nitrogens is 1. The Labute approximate surface area is 158 Å². The highest BCUT2D eigenvalue weighted by molar-refractivity contribution is 7.99. The van der Waals surface area contributed by atoms with Gasteiger partial charge in [0.15, 0.2) is 0 Å². The number of thioether (sulfide) groups is 1. The van der Waals surface area contributed by atoms with E-state index in [1.54, 1.807) is 35.0 Å². The third-order valence-electron chi connectivity index (χ3n) is 4.36. The zero-order chi connectivity index (χ0) is 18.4. The minimum Gasteiger partial charge on any atom is -0.508 e. The minimum absolute atomic E-state index is 0.0488. The Morgan fingerprint density at radius 1 is 1.35 bits per heavy atom. The molecular formula is C20H24N2O3S. The molecule has 1 atom stereocenters. The van der Waals surface area contributed by atoms with Crippen molar-refractivity contribution < 1.29 is 14.6 Å². The number of benzene rings is 1. The zero-order valence-electron chi connectivity index (χ0n) is 14.9. The summed E-state index contributed by atoms with van der Waals surface area (Å²) in [6.07, 6.45) is 3.66. The van der Waals surface area contributed by atoms with E-state index in [1.807, 2.05) is 24.3 Å². The van der Waals surface area contributed by atoms with E-state index in [1.165, 1.54) is 0 Å². The molecule has 1 aromatic heterocycles. The van der Waals surface area contributed by atoms with Gasteiger partial charge < -0.3 is 14.7 Å². The second-order valence-corrected chi connectivity index (χ2v) is 7.55. The molecule has 1 aliphatic rings. The van der Waals surface area contributed by atoms with E-state index >= 15 is 0 Å². The van der Waals surface area contributed by atoms with Crippen LogP contribution >= 0.6 is 11.8 Å². The van der Waals surface area contributed by atoms with Crippen LogP contribution in [0.4, 0.5) is 0 Å². The van der Waals surface area contributed by atoms with Crippen LogP contribution in [0.3, 0.4) is 0 Å². The molecule has 1 fully saturated rings. The zero-order valence-corrected chi connectivity index (χ0v) is 15.7. The van der Waals surface area contributed by atoms with Gasteiger partial charge in [-0.2, -0.15) is 0 Å². The van der Waals surface area contributed by atoms with Gasteiger partial charge in [-0.1, -0.05) is 25.1 Å². The second-order valence-electron chi connectivity index (χ2n) is 6.27. The van der Waals surface area contributed by atoms with Crippen molar-refractivity contribution >= 4 is 17.7 Å². The number of para-hydroxylation sites is 1. The summed E-state index contributed by atoms with van der Waals surface area (Å²) < 4.78 is 5.71. The maximum Gasteiger partial charge on any atom is 0.255 e. The first kappa shape index (κ1) is 18.7. The van der Waals surface area contributed by atoms with Gasteiger partial charge in [0.05, 0.1) is 16.7 Å². The Morgan fingerprint density at radius 3 is 2.85 bits per heavy atom. The topological polar surface area (TPSA) is 62.7 Å². The van der Waals surface area contributed by atoms with Crippen molar-refractivity contribution in [1.29, 1.82) is 0 Å². The fourth-order valence-electron chi connectivity index (χ4n) is 3.03. The Balaban J connectivity index is 1.79. The summed E-state index contributed by atoms with van der Waals surface area (Å²) in [6.45, 7) is 3.67. The highest BCUT2D eigenvalue weighted by atomic mass is 32.2. The average molecular weight is 372 g/mol. The molecule has 1 amide bonds. The number of ether oxygens (including phenoxy) is 1. The highest BCUT2D eigenvalue weighted by Crippen LogP contribution is 2.22. The molecule has 0 radical (unpaired) electrons. The number of rotatable bonds is 7. The lowest BCUT2D eigenvalue weighted by Crippen LogP contribution is -2.37. The molecule has 1 saturated heterocycles. The molecule has 138 valence electrons. The van der Waals surface area contributed by atoms with Crippen molar-refractivity contribution in [3.05, 3.63) is 53.7 Å². The number of pyridine rings is 1. The SMILES string of the molecule is CCSc1ccc(C(=O)N(Cc2ccccc2O)CC2CCCO2)cn1. The smallest absolute Gasteiger partial charge is 0.255 e. The quantitative estimate of drug-likeness (QED) is 0.751. The largest absolute Gasteiger partial charge is 0.508 e. The fourth-order valence-corrected chi connectivity index (χ4v) is 3.61. The van der Waals surface area contributed by atoms with Gasteiger partial charge in [0.2, 0.25) is 0 Å². The monoisotopic (exact) mass is 372 g/mol. The molecular weight excluding hydrogens is 348 g/mol. The van der Waals surface area contributed by atoms with Gasteiger partial charge in [-0.3, -0.25) is 4.79 Å². The van der Waals surface area contributed by atoms with Crippen LogP contribution in [0.2, 0.25) is 0 Å². The lowest BCUT2D eigenvalue weighted by Gasteiger charge is -2.26. The summed E-state index contributed by atoms with van der Waals surface area (Å²) in [6, 6.07) is 10.8. The predicted octanol–water partition coefficient (Wildman–Crippen LogP) is 3.72. The van der Waals surface area contributed by atoms with Crippen molar-refractivity contribution in [3.8, 4) is 5.75 Å². The van der Waals surface area contributed by atoms with Gasteiger partial charge in [0, 0.05) is 31.5 Å². The summed E-state index contributed by atoms with van der Waals surface area (Å²) >= 11 is 1.65. The molecule has 6 heteroatoms. The Bertz CT molecular complexity index is 730. The number of hydrogen-bond acceptors (Lipinski definition) is 5. The van der Waals surface area contributed by atoms with E-state index in [-0.39, 0.29) is 17.8 Å². The first-order valence-electron chi connectivity index (χ1n) is 8.94. The standard InChI is InChI=1S/C20H24N2O3S/c1-2-26-19-10-9-15(12-21-19)20(24)22(14-17-7-5-11-25-17)13-16-6-3-4-8-18(16)23/h3-4,6,8-10,12,17,23H,2,5,7,11,13-14H2,1H3. The molecule has 0 aliphatic carbocycles. The van der Waals surface area contributed by atoms with Crippen molar-refractivity contribution in [2.75, 3.05) is 18.9 Å². The van der Waals surface area contributed by atoms with Crippen LogP contribution in [-0.2, 0) is 11.3 Å². The number of carbonyl (C=O) groups is 1. The van der Waals surface area contributed by atoms with Gasteiger partial charge in [0.1, 0.15) is 5.75 Å². The maximum absolute atomic E-state index is 13.1. The van der Waals surface area contributed by atoms with Crippen LogP contribution in [0.25, 0.3) is 0 Å². The number of hydrogen-bond donors (Lipinski definition) is 1. The third kappa shape index (κ3) is 4.77. The normalized spacial score (nSPS) is 16.6. The molecule has 0 saturated carbocycles. The lowest BCUT2D eigenvalue weighted by atomic mass is 10.1. The Kier molecular flexibility index (Phi) is 6.52. The van der Waals surface area contributed by atoms with Crippen LogP contribution in [-0.4, -0.2) is 45.9 Å². The Hall–Kier alpha value is -2.05. The van der Waals surface area contributed by atoms with E-state index in [9.17, 15) is 9.90 Å². The summed E-state index contributed by atoms with van der Waals surface area (Å²) in [5.41, 5.74) is 1.28. The van der Waals surface area contributed by atoms with Crippen LogP contribution in [0.5, 0.6) is 5.75 Å². The Morgan fingerprint density at radius 2 is 2.19 bits per heavy atom. The molecule has 1 N–H and O–H groups in total. The van der Waals surface area contributed by atoms with Crippen molar-refractivity contribution in [3.63, 3.8) is 0 Å². The number of phenolic OH excluding ortho intramolecular Hbond substituents is 1. The fraction of sp³-hybridized carbons (Fsp3) is 0.400. The number of phenols is 1. The van der Waals surface area contributed by atoms with Gasteiger partial charge in [-0.25, -0.2) is 4.98 Å². The van der Waals surface area contributed by atoms with Gasteiger partial charge in [0.25, 0.3) is 5.91 Å². The number of carbonyl (C=O) groups excluding carboxylic acids is 1. The van der Waals surface area contributed by atoms with Gasteiger partial charge >= 0.3 is 0 Å².